The minimum atomic E-state index is -0.667. The zero-order valence-corrected chi connectivity index (χ0v) is 10.3. The molecule has 0 aliphatic carbocycles. The van der Waals surface area contributed by atoms with E-state index in [9.17, 15) is 9.59 Å². The molecule has 98 valence electrons. The van der Waals surface area contributed by atoms with Crippen LogP contribution >= 0.6 is 0 Å². The maximum absolute atomic E-state index is 11.9. The van der Waals surface area contributed by atoms with Crippen molar-refractivity contribution in [2.45, 2.75) is 19.4 Å². The van der Waals surface area contributed by atoms with Gasteiger partial charge in [0.25, 0.3) is 5.91 Å². The Hall–Kier alpha value is -1.18. The van der Waals surface area contributed by atoms with Crippen LogP contribution in [-0.2, 0) is 14.4 Å². The first-order valence-electron chi connectivity index (χ1n) is 5.61. The Morgan fingerprint density at radius 2 is 2.00 bits per heavy atom. The Bertz CT molecular complexity index is 287. The summed E-state index contributed by atoms with van der Waals surface area (Å²) in [6.45, 7) is 6.65. The molecule has 4 N–H and O–H groups in total. The SMILES string of the molecule is CC(C)(C(=O)NOCC(N)=O)N1CCNCC1. The van der Waals surface area contributed by atoms with E-state index in [1.165, 1.54) is 0 Å². The third kappa shape index (κ3) is 3.95. The lowest BCUT2D eigenvalue weighted by molar-refractivity contribution is -0.147. The van der Waals surface area contributed by atoms with E-state index in [4.69, 9.17) is 10.6 Å². The van der Waals surface area contributed by atoms with Crippen molar-refractivity contribution in [2.24, 2.45) is 5.73 Å². The molecule has 7 heteroatoms. The van der Waals surface area contributed by atoms with Gasteiger partial charge in [0, 0.05) is 26.2 Å². The number of hydrogen-bond donors (Lipinski definition) is 3. The van der Waals surface area contributed by atoms with Gasteiger partial charge < -0.3 is 11.1 Å². The van der Waals surface area contributed by atoms with Crippen LogP contribution in [0.3, 0.4) is 0 Å². The number of piperazine rings is 1. The fourth-order valence-corrected chi connectivity index (χ4v) is 1.67. The smallest absolute Gasteiger partial charge is 0.263 e. The molecular weight excluding hydrogens is 224 g/mol. The highest BCUT2D eigenvalue weighted by Crippen LogP contribution is 2.14. The second-order valence-electron chi connectivity index (χ2n) is 4.48. The van der Waals surface area contributed by atoms with Crippen LogP contribution in [-0.4, -0.2) is 55.0 Å². The Morgan fingerprint density at radius 1 is 1.41 bits per heavy atom. The Morgan fingerprint density at radius 3 is 2.53 bits per heavy atom. The van der Waals surface area contributed by atoms with Crippen LogP contribution in [0.5, 0.6) is 0 Å². The lowest BCUT2D eigenvalue weighted by atomic mass is 10.0. The highest BCUT2D eigenvalue weighted by molar-refractivity contribution is 5.84. The third-order valence-corrected chi connectivity index (χ3v) is 2.84. The fraction of sp³-hybridized carbons (Fsp3) is 0.800. The van der Waals surface area contributed by atoms with Crippen LogP contribution in [0.4, 0.5) is 0 Å². The van der Waals surface area contributed by atoms with Crippen LogP contribution in [0, 0.1) is 0 Å². The van der Waals surface area contributed by atoms with Crippen LogP contribution in [0.15, 0.2) is 0 Å². The van der Waals surface area contributed by atoms with Gasteiger partial charge in [0.15, 0.2) is 6.61 Å². The molecule has 0 unspecified atom stereocenters. The van der Waals surface area contributed by atoms with Crippen LogP contribution < -0.4 is 16.5 Å². The highest BCUT2D eigenvalue weighted by atomic mass is 16.7. The Balaban J connectivity index is 2.44. The number of hydroxylamine groups is 1. The number of nitrogens with one attached hydrogen (secondary N) is 2. The molecule has 1 saturated heterocycles. The first-order chi connectivity index (χ1) is 7.94. The van der Waals surface area contributed by atoms with Crippen molar-refractivity contribution in [1.82, 2.24) is 15.7 Å². The van der Waals surface area contributed by atoms with Gasteiger partial charge in [0.2, 0.25) is 5.91 Å². The van der Waals surface area contributed by atoms with Gasteiger partial charge >= 0.3 is 0 Å². The number of amides is 2. The zero-order chi connectivity index (χ0) is 12.9. The lowest BCUT2D eigenvalue weighted by Gasteiger charge is -2.39. The van der Waals surface area contributed by atoms with Gasteiger partial charge in [-0.25, -0.2) is 5.48 Å². The molecule has 1 aliphatic heterocycles. The van der Waals surface area contributed by atoms with Crippen molar-refractivity contribution in [3.63, 3.8) is 0 Å². The average Bonchev–Trinajstić information content (AvgIpc) is 2.29. The number of hydrogen-bond acceptors (Lipinski definition) is 5. The fourth-order valence-electron chi connectivity index (χ4n) is 1.67. The van der Waals surface area contributed by atoms with E-state index in [0.717, 1.165) is 26.2 Å². The number of carbonyl (C=O) groups excluding carboxylic acids is 2. The summed E-state index contributed by atoms with van der Waals surface area (Å²) in [4.78, 5) is 29.1. The van der Waals surface area contributed by atoms with E-state index in [2.05, 4.69) is 15.7 Å². The molecule has 0 aromatic carbocycles. The number of rotatable bonds is 5. The van der Waals surface area contributed by atoms with Gasteiger partial charge in [0.05, 0.1) is 5.54 Å². The van der Waals surface area contributed by atoms with Crippen molar-refractivity contribution in [2.75, 3.05) is 32.8 Å². The molecule has 17 heavy (non-hydrogen) atoms. The van der Waals surface area contributed by atoms with Gasteiger partial charge in [-0.05, 0) is 13.8 Å². The predicted molar refractivity (Wildman–Crippen MR) is 61.8 cm³/mol. The van der Waals surface area contributed by atoms with E-state index in [-0.39, 0.29) is 12.5 Å². The quantitative estimate of drug-likeness (QED) is 0.496. The summed E-state index contributed by atoms with van der Waals surface area (Å²) in [5, 5.41) is 3.22. The second kappa shape index (κ2) is 5.95. The molecule has 0 spiro atoms. The molecule has 0 atom stereocenters. The van der Waals surface area contributed by atoms with Crippen molar-refractivity contribution in [1.29, 1.82) is 0 Å². The third-order valence-electron chi connectivity index (χ3n) is 2.84. The van der Waals surface area contributed by atoms with Gasteiger partial charge in [-0.15, -0.1) is 0 Å². The monoisotopic (exact) mass is 244 g/mol. The number of primary amides is 1. The summed E-state index contributed by atoms with van der Waals surface area (Å²) < 4.78 is 0. The lowest BCUT2D eigenvalue weighted by Crippen LogP contribution is -2.60. The molecule has 7 nitrogen and oxygen atoms in total. The van der Waals surface area contributed by atoms with Gasteiger partial charge in [0.1, 0.15) is 0 Å². The average molecular weight is 244 g/mol. The number of nitrogens with two attached hydrogens (primary N) is 1. The molecule has 0 radical (unpaired) electrons. The predicted octanol–water partition coefficient (Wildman–Crippen LogP) is -1.80. The molecule has 1 fully saturated rings. The summed E-state index contributed by atoms with van der Waals surface area (Å²) in [6, 6.07) is 0. The molecular formula is C10H20N4O3. The van der Waals surface area contributed by atoms with E-state index in [1.807, 2.05) is 13.8 Å². The molecule has 1 aliphatic rings. The van der Waals surface area contributed by atoms with E-state index in [0.29, 0.717) is 0 Å². The standard InChI is InChI=1S/C10H20N4O3/c1-10(2,14-5-3-12-4-6-14)9(16)13-17-7-8(11)15/h12H,3-7H2,1-2H3,(H2,11,15)(H,13,16). The van der Waals surface area contributed by atoms with Crippen molar-refractivity contribution in [3.8, 4) is 0 Å². The summed E-state index contributed by atoms with van der Waals surface area (Å²) in [6.07, 6.45) is 0. The van der Waals surface area contributed by atoms with E-state index in [1.54, 1.807) is 0 Å². The first kappa shape index (κ1) is 13.9. The topological polar surface area (TPSA) is 96.7 Å². The van der Waals surface area contributed by atoms with E-state index < -0.39 is 11.4 Å². The Kier molecular flexibility index (Phi) is 4.86. The molecule has 2 amide bonds. The van der Waals surface area contributed by atoms with Crippen molar-refractivity contribution in [3.05, 3.63) is 0 Å². The van der Waals surface area contributed by atoms with Gasteiger partial charge in [-0.3, -0.25) is 19.3 Å². The molecule has 1 rings (SSSR count). The summed E-state index contributed by atoms with van der Waals surface area (Å²) in [5.41, 5.74) is 6.48. The zero-order valence-electron chi connectivity index (χ0n) is 10.3. The molecule has 0 saturated carbocycles. The summed E-state index contributed by atoms with van der Waals surface area (Å²) >= 11 is 0. The van der Waals surface area contributed by atoms with Gasteiger partial charge in [-0.1, -0.05) is 0 Å². The second-order valence-corrected chi connectivity index (χ2v) is 4.48. The number of carbonyl (C=O) groups is 2. The van der Waals surface area contributed by atoms with Gasteiger partial charge in [-0.2, -0.15) is 0 Å². The van der Waals surface area contributed by atoms with Crippen LogP contribution in [0.25, 0.3) is 0 Å². The van der Waals surface area contributed by atoms with E-state index >= 15 is 0 Å². The molecule has 1 heterocycles. The number of nitrogens with zero attached hydrogens (tertiary/aromatic N) is 1. The van der Waals surface area contributed by atoms with Crippen molar-refractivity contribution >= 4 is 11.8 Å². The molecule has 0 aromatic heterocycles. The normalized spacial score (nSPS) is 17.8. The van der Waals surface area contributed by atoms with Crippen LogP contribution in [0.1, 0.15) is 13.8 Å². The van der Waals surface area contributed by atoms with Crippen LogP contribution in [0.2, 0.25) is 0 Å². The maximum atomic E-state index is 11.9. The summed E-state index contributed by atoms with van der Waals surface area (Å²) in [5.74, 6) is -0.897. The molecule has 0 aromatic rings. The minimum Gasteiger partial charge on any atom is -0.368 e. The minimum absolute atomic E-state index is 0.277. The maximum Gasteiger partial charge on any atom is 0.263 e. The first-order valence-corrected chi connectivity index (χ1v) is 5.61. The largest absolute Gasteiger partial charge is 0.368 e. The Labute approximate surface area is 101 Å². The van der Waals surface area contributed by atoms with Crippen molar-refractivity contribution < 1.29 is 14.4 Å². The highest BCUT2D eigenvalue weighted by Gasteiger charge is 2.35. The molecule has 0 bridgehead atoms. The summed E-state index contributed by atoms with van der Waals surface area (Å²) in [7, 11) is 0.